The predicted molar refractivity (Wildman–Crippen MR) is 201 cm³/mol. The quantitative estimate of drug-likeness (QED) is 0.0242. The molecule has 0 aromatic rings. The number of ether oxygens (including phenoxy) is 2. The van der Waals surface area contributed by atoms with E-state index in [1.165, 1.54) is 109 Å². The van der Waals surface area contributed by atoms with Crippen molar-refractivity contribution in [3.05, 3.63) is 12.2 Å². The number of esters is 2. The summed E-state index contributed by atoms with van der Waals surface area (Å²) in [5.41, 5.74) is 0. The highest BCUT2D eigenvalue weighted by Gasteiger charge is 2.27. The average Bonchev–Trinajstić information content (AvgIpc) is 3.10. The molecule has 0 aromatic heterocycles. The molecule has 3 atom stereocenters. The fourth-order valence-corrected chi connectivity index (χ4v) is 6.31. The van der Waals surface area contributed by atoms with E-state index < -0.39 is 51.8 Å². The summed E-state index contributed by atoms with van der Waals surface area (Å²) in [4.78, 5) is 34.8. The molecular formula is C39H75O10P. The van der Waals surface area contributed by atoms with E-state index in [2.05, 4.69) is 30.5 Å². The van der Waals surface area contributed by atoms with Gasteiger partial charge in [-0.3, -0.25) is 18.6 Å². The van der Waals surface area contributed by atoms with Crippen LogP contribution in [0.5, 0.6) is 0 Å². The van der Waals surface area contributed by atoms with Crippen molar-refractivity contribution >= 4 is 19.8 Å². The zero-order chi connectivity index (χ0) is 37.0. The molecule has 0 saturated carbocycles. The summed E-state index contributed by atoms with van der Waals surface area (Å²) in [6.45, 7) is 2.36. The van der Waals surface area contributed by atoms with Crippen molar-refractivity contribution < 1.29 is 47.8 Å². The molecule has 0 fully saturated rings. The number of carbonyl (C=O) groups is 2. The number of aliphatic hydroxyl groups excluding tert-OH is 2. The van der Waals surface area contributed by atoms with E-state index in [0.717, 1.165) is 38.5 Å². The van der Waals surface area contributed by atoms with Crippen LogP contribution in [0.2, 0.25) is 0 Å². The number of phosphoric ester groups is 1. The Morgan fingerprint density at radius 3 is 1.46 bits per heavy atom. The lowest BCUT2D eigenvalue weighted by Gasteiger charge is -2.20. The van der Waals surface area contributed by atoms with Gasteiger partial charge in [-0.2, -0.15) is 0 Å². The molecule has 3 N–H and O–H groups in total. The number of hydrogen-bond acceptors (Lipinski definition) is 9. The standard InChI is InChI=1S/C39H75O10P/c1-3-5-7-9-11-13-15-16-17-18-19-20-21-23-25-27-29-31-39(43)49-37(35-48-50(44,45)47-33-36(41)32-40)34-46-38(42)30-28-26-24-22-14-12-10-8-6-4-2/h13,15,36-37,40-41H,3-12,14,16-35H2,1-2H3,(H,44,45)/b15-13+/t36-,37+/m0/s1. The third-order valence-electron chi connectivity index (χ3n) is 8.67. The first kappa shape index (κ1) is 48.7. The molecule has 0 heterocycles. The van der Waals surface area contributed by atoms with Crippen molar-refractivity contribution in [1.82, 2.24) is 0 Å². The SMILES string of the molecule is CCCCCC/C=C/CCCCCCCCCCCC(=O)O[C@H](COC(=O)CCCCCCCCCCCC)COP(=O)(O)OC[C@@H](O)CO. The van der Waals surface area contributed by atoms with Gasteiger partial charge in [0.25, 0.3) is 0 Å². The Hall–Kier alpha value is -1.29. The first-order valence-corrected chi connectivity index (χ1v) is 21.6. The Labute approximate surface area is 305 Å². The Morgan fingerprint density at radius 1 is 0.580 bits per heavy atom. The van der Waals surface area contributed by atoms with Gasteiger partial charge in [-0.25, -0.2) is 4.57 Å². The van der Waals surface area contributed by atoms with Gasteiger partial charge >= 0.3 is 19.8 Å². The van der Waals surface area contributed by atoms with E-state index in [0.29, 0.717) is 12.8 Å². The molecule has 0 radical (unpaired) electrons. The number of hydrogen-bond donors (Lipinski definition) is 3. The highest BCUT2D eigenvalue weighted by atomic mass is 31.2. The van der Waals surface area contributed by atoms with Gasteiger partial charge in [0.1, 0.15) is 12.7 Å². The Balaban J connectivity index is 4.29. The molecule has 296 valence electrons. The maximum atomic E-state index is 12.6. The summed E-state index contributed by atoms with van der Waals surface area (Å²) in [7, 11) is -4.61. The molecule has 0 aliphatic heterocycles. The first-order valence-electron chi connectivity index (χ1n) is 20.1. The number of phosphoric acid groups is 1. The van der Waals surface area contributed by atoms with Crippen LogP contribution in [0.4, 0.5) is 0 Å². The van der Waals surface area contributed by atoms with Crippen molar-refractivity contribution in [3.8, 4) is 0 Å². The smallest absolute Gasteiger partial charge is 0.462 e. The van der Waals surface area contributed by atoms with E-state index in [9.17, 15) is 24.2 Å². The van der Waals surface area contributed by atoms with Crippen molar-refractivity contribution in [2.24, 2.45) is 0 Å². The van der Waals surface area contributed by atoms with Crippen molar-refractivity contribution in [1.29, 1.82) is 0 Å². The number of allylic oxidation sites excluding steroid dienone is 2. The van der Waals surface area contributed by atoms with Gasteiger partial charge in [0.15, 0.2) is 6.10 Å². The number of carbonyl (C=O) groups excluding carboxylic acids is 2. The van der Waals surface area contributed by atoms with Gasteiger partial charge in [0, 0.05) is 12.8 Å². The topological polar surface area (TPSA) is 149 Å². The highest BCUT2D eigenvalue weighted by Crippen LogP contribution is 2.43. The lowest BCUT2D eigenvalue weighted by Crippen LogP contribution is -2.29. The molecule has 50 heavy (non-hydrogen) atoms. The third-order valence-corrected chi connectivity index (χ3v) is 9.62. The van der Waals surface area contributed by atoms with Crippen LogP contribution in [-0.2, 0) is 32.7 Å². The van der Waals surface area contributed by atoms with Gasteiger partial charge < -0.3 is 24.6 Å². The molecule has 0 bridgehead atoms. The Morgan fingerprint density at radius 2 is 0.980 bits per heavy atom. The largest absolute Gasteiger partial charge is 0.472 e. The zero-order valence-corrected chi connectivity index (χ0v) is 32.8. The molecule has 0 aromatic carbocycles. The maximum absolute atomic E-state index is 12.6. The average molecular weight is 735 g/mol. The number of aliphatic hydroxyl groups is 2. The van der Waals surface area contributed by atoms with Crippen molar-refractivity contribution in [3.63, 3.8) is 0 Å². The van der Waals surface area contributed by atoms with Crippen LogP contribution < -0.4 is 0 Å². The second kappa shape index (κ2) is 36.1. The maximum Gasteiger partial charge on any atom is 0.472 e. The summed E-state index contributed by atoms with van der Waals surface area (Å²) in [6, 6.07) is 0. The molecule has 0 aliphatic rings. The Bertz CT molecular complexity index is 853. The van der Waals surface area contributed by atoms with Gasteiger partial charge in [0.05, 0.1) is 19.8 Å². The second-order valence-corrected chi connectivity index (χ2v) is 15.1. The summed E-state index contributed by atoms with van der Waals surface area (Å²) >= 11 is 0. The molecule has 0 rings (SSSR count). The van der Waals surface area contributed by atoms with Crippen LogP contribution >= 0.6 is 7.82 Å². The minimum atomic E-state index is -4.61. The van der Waals surface area contributed by atoms with E-state index in [-0.39, 0.29) is 19.4 Å². The zero-order valence-electron chi connectivity index (χ0n) is 31.9. The predicted octanol–water partition coefficient (Wildman–Crippen LogP) is 10.1. The Kier molecular flexibility index (Phi) is 35.2. The fourth-order valence-electron chi connectivity index (χ4n) is 5.52. The number of rotatable bonds is 38. The lowest BCUT2D eigenvalue weighted by molar-refractivity contribution is -0.161. The molecule has 1 unspecified atom stereocenters. The van der Waals surface area contributed by atoms with E-state index in [1.54, 1.807) is 0 Å². The van der Waals surface area contributed by atoms with Gasteiger partial charge in [0.2, 0.25) is 0 Å². The number of unbranched alkanes of at least 4 members (excludes halogenated alkanes) is 22. The van der Waals surface area contributed by atoms with E-state index in [1.807, 2.05) is 0 Å². The lowest BCUT2D eigenvalue weighted by atomic mass is 10.1. The molecular weight excluding hydrogens is 659 g/mol. The minimum Gasteiger partial charge on any atom is -0.462 e. The van der Waals surface area contributed by atoms with Gasteiger partial charge in [-0.05, 0) is 38.5 Å². The van der Waals surface area contributed by atoms with E-state index >= 15 is 0 Å². The molecule has 0 amide bonds. The minimum absolute atomic E-state index is 0.186. The second-order valence-electron chi connectivity index (χ2n) is 13.7. The third kappa shape index (κ3) is 35.1. The molecule has 10 nitrogen and oxygen atoms in total. The molecule has 0 aliphatic carbocycles. The van der Waals surface area contributed by atoms with Gasteiger partial charge in [-0.15, -0.1) is 0 Å². The van der Waals surface area contributed by atoms with Crippen LogP contribution in [0.3, 0.4) is 0 Å². The van der Waals surface area contributed by atoms with E-state index in [4.69, 9.17) is 19.1 Å². The molecule has 11 heteroatoms. The summed E-state index contributed by atoms with van der Waals surface area (Å²) in [5.74, 6) is -0.922. The summed E-state index contributed by atoms with van der Waals surface area (Å²) < 4.78 is 32.6. The first-order chi connectivity index (χ1) is 24.2. The monoisotopic (exact) mass is 735 g/mol. The summed E-state index contributed by atoms with van der Waals surface area (Å²) in [6.07, 6.45) is 31.8. The van der Waals surface area contributed by atoms with Crippen LogP contribution in [0, 0.1) is 0 Å². The van der Waals surface area contributed by atoms with Crippen LogP contribution in [0.1, 0.15) is 187 Å². The van der Waals surface area contributed by atoms with Crippen molar-refractivity contribution in [2.45, 2.75) is 199 Å². The summed E-state index contributed by atoms with van der Waals surface area (Å²) in [5, 5.41) is 18.3. The van der Waals surface area contributed by atoms with Crippen LogP contribution in [-0.4, -0.2) is 65.7 Å². The molecule has 0 saturated heterocycles. The van der Waals surface area contributed by atoms with Gasteiger partial charge in [-0.1, -0.05) is 148 Å². The molecule has 0 spiro atoms. The van der Waals surface area contributed by atoms with Crippen LogP contribution in [0.25, 0.3) is 0 Å². The normalized spacial score (nSPS) is 14.1. The van der Waals surface area contributed by atoms with Crippen molar-refractivity contribution in [2.75, 3.05) is 26.4 Å². The highest BCUT2D eigenvalue weighted by molar-refractivity contribution is 7.47. The fraction of sp³-hybridized carbons (Fsp3) is 0.897. The van der Waals surface area contributed by atoms with Crippen LogP contribution in [0.15, 0.2) is 12.2 Å².